The van der Waals surface area contributed by atoms with Crippen LogP contribution >= 0.6 is 11.3 Å². The number of H-pyrrole nitrogens is 1. The van der Waals surface area contributed by atoms with Crippen molar-refractivity contribution in [3.05, 3.63) is 29.3 Å². The maximum atomic E-state index is 4.21. The summed E-state index contributed by atoms with van der Waals surface area (Å²) < 4.78 is 0. The number of aromatic nitrogens is 2. The minimum Gasteiger partial charge on any atom is -0.310 e. The van der Waals surface area contributed by atoms with Crippen LogP contribution in [0.15, 0.2) is 23.7 Å². The highest BCUT2D eigenvalue weighted by Gasteiger charge is 2.20. The van der Waals surface area contributed by atoms with Crippen molar-refractivity contribution in [3.8, 4) is 10.6 Å². The van der Waals surface area contributed by atoms with Gasteiger partial charge in [-0.15, -0.1) is 11.3 Å². The fourth-order valence-electron chi connectivity index (χ4n) is 3.15. The maximum absolute atomic E-state index is 4.21. The van der Waals surface area contributed by atoms with Gasteiger partial charge in [-0.2, -0.15) is 5.10 Å². The summed E-state index contributed by atoms with van der Waals surface area (Å²) in [6, 6.07) is 4.83. The molecule has 2 aromatic rings. The Bertz CT molecular complexity index is 512. The first-order chi connectivity index (χ1) is 9.84. The van der Waals surface area contributed by atoms with E-state index in [1.807, 2.05) is 6.20 Å². The highest BCUT2D eigenvalue weighted by molar-refractivity contribution is 7.13. The maximum Gasteiger partial charge on any atom is 0.0794 e. The average molecular weight is 289 g/mol. The average Bonchev–Trinajstić information content (AvgIpc) is 3.16. The zero-order valence-corrected chi connectivity index (χ0v) is 12.9. The van der Waals surface area contributed by atoms with E-state index in [0.717, 1.165) is 12.5 Å². The van der Waals surface area contributed by atoms with Gasteiger partial charge in [0.15, 0.2) is 0 Å². The SMILES string of the molecule is CC(NCc1cn[nH]c1-c1cccs1)C1CCCCC1. The molecule has 3 nitrogen and oxygen atoms in total. The number of thiophene rings is 1. The zero-order valence-electron chi connectivity index (χ0n) is 12.1. The van der Waals surface area contributed by atoms with Crippen molar-refractivity contribution in [3.63, 3.8) is 0 Å². The smallest absolute Gasteiger partial charge is 0.0794 e. The predicted molar refractivity (Wildman–Crippen MR) is 84.8 cm³/mol. The lowest BCUT2D eigenvalue weighted by atomic mass is 9.84. The standard InChI is InChI=1S/C16H23N3S/c1-12(13-6-3-2-4-7-13)17-10-14-11-18-19-16(14)15-8-5-9-20-15/h5,8-9,11-13,17H,2-4,6-7,10H2,1H3,(H,18,19). The first-order valence-corrected chi connectivity index (χ1v) is 8.52. The molecule has 108 valence electrons. The molecule has 1 unspecified atom stereocenters. The molecule has 2 aromatic heterocycles. The summed E-state index contributed by atoms with van der Waals surface area (Å²) in [5.74, 6) is 0.848. The molecule has 1 saturated carbocycles. The van der Waals surface area contributed by atoms with E-state index < -0.39 is 0 Å². The van der Waals surface area contributed by atoms with Gasteiger partial charge in [0, 0.05) is 18.2 Å². The number of aromatic amines is 1. The third-order valence-electron chi connectivity index (χ3n) is 4.46. The van der Waals surface area contributed by atoms with Crippen molar-refractivity contribution < 1.29 is 0 Å². The van der Waals surface area contributed by atoms with Crippen LogP contribution in [0.25, 0.3) is 10.6 Å². The zero-order chi connectivity index (χ0) is 13.8. The highest BCUT2D eigenvalue weighted by Crippen LogP contribution is 2.28. The fraction of sp³-hybridized carbons (Fsp3) is 0.562. The Labute approximate surface area is 124 Å². The third-order valence-corrected chi connectivity index (χ3v) is 5.34. The van der Waals surface area contributed by atoms with Crippen LogP contribution in [0.4, 0.5) is 0 Å². The molecule has 3 rings (SSSR count). The lowest BCUT2D eigenvalue weighted by Crippen LogP contribution is -2.34. The van der Waals surface area contributed by atoms with E-state index >= 15 is 0 Å². The van der Waals surface area contributed by atoms with Gasteiger partial charge in [-0.3, -0.25) is 5.10 Å². The van der Waals surface area contributed by atoms with Crippen molar-refractivity contribution >= 4 is 11.3 Å². The first kappa shape index (κ1) is 13.8. The van der Waals surface area contributed by atoms with Gasteiger partial charge in [-0.1, -0.05) is 25.3 Å². The molecule has 2 N–H and O–H groups in total. The number of hydrogen-bond acceptors (Lipinski definition) is 3. The molecule has 1 fully saturated rings. The Kier molecular flexibility index (Phi) is 4.53. The second kappa shape index (κ2) is 6.55. The largest absolute Gasteiger partial charge is 0.310 e. The van der Waals surface area contributed by atoms with Crippen molar-refractivity contribution in [1.29, 1.82) is 0 Å². The van der Waals surface area contributed by atoms with E-state index in [1.54, 1.807) is 11.3 Å². The second-order valence-electron chi connectivity index (χ2n) is 5.82. The van der Waals surface area contributed by atoms with Gasteiger partial charge in [-0.05, 0) is 37.1 Å². The van der Waals surface area contributed by atoms with E-state index in [9.17, 15) is 0 Å². The molecule has 1 atom stereocenters. The highest BCUT2D eigenvalue weighted by atomic mass is 32.1. The van der Waals surface area contributed by atoms with Gasteiger partial charge in [0.25, 0.3) is 0 Å². The summed E-state index contributed by atoms with van der Waals surface area (Å²) in [6.07, 6.45) is 8.96. The Morgan fingerprint density at radius 2 is 2.25 bits per heavy atom. The lowest BCUT2D eigenvalue weighted by Gasteiger charge is -2.28. The van der Waals surface area contributed by atoms with Crippen LogP contribution in [0.1, 0.15) is 44.6 Å². The van der Waals surface area contributed by atoms with Crippen molar-refractivity contribution in [1.82, 2.24) is 15.5 Å². The van der Waals surface area contributed by atoms with E-state index in [1.165, 1.54) is 48.2 Å². The number of hydrogen-bond donors (Lipinski definition) is 2. The van der Waals surface area contributed by atoms with Gasteiger partial charge in [-0.25, -0.2) is 0 Å². The molecule has 0 bridgehead atoms. The van der Waals surface area contributed by atoms with Crippen LogP contribution in [0.5, 0.6) is 0 Å². The molecule has 0 aromatic carbocycles. The molecule has 0 saturated heterocycles. The quantitative estimate of drug-likeness (QED) is 0.866. The summed E-state index contributed by atoms with van der Waals surface area (Å²) in [7, 11) is 0. The van der Waals surface area contributed by atoms with Gasteiger partial charge >= 0.3 is 0 Å². The van der Waals surface area contributed by atoms with Crippen LogP contribution in [-0.2, 0) is 6.54 Å². The summed E-state index contributed by atoms with van der Waals surface area (Å²) in [4.78, 5) is 1.27. The van der Waals surface area contributed by atoms with Crippen LogP contribution in [0.3, 0.4) is 0 Å². The van der Waals surface area contributed by atoms with Gasteiger partial charge < -0.3 is 5.32 Å². The summed E-state index contributed by atoms with van der Waals surface area (Å²) >= 11 is 1.76. The molecule has 0 spiro atoms. The molecule has 1 aliphatic carbocycles. The number of rotatable bonds is 5. The molecular formula is C16H23N3S. The Hall–Kier alpha value is -1.13. The third kappa shape index (κ3) is 3.13. The van der Waals surface area contributed by atoms with Crippen LogP contribution in [0.2, 0.25) is 0 Å². The van der Waals surface area contributed by atoms with Crippen LogP contribution in [0, 0.1) is 5.92 Å². The lowest BCUT2D eigenvalue weighted by molar-refractivity contribution is 0.281. The number of nitrogens with one attached hydrogen (secondary N) is 2. The molecule has 20 heavy (non-hydrogen) atoms. The van der Waals surface area contributed by atoms with E-state index in [2.05, 4.69) is 40.0 Å². The normalized spacial score (nSPS) is 18.2. The topological polar surface area (TPSA) is 40.7 Å². The van der Waals surface area contributed by atoms with Gasteiger partial charge in [0.1, 0.15) is 0 Å². The van der Waals surface area contributed by atoms with Crippen LogP contribution in [-0.4, -0.2) is 16.2 Å². The van der Waals surface area contributed by atoms with Crippen molar-refractivity contribution in [2.75, 3.05) is 0 Å². The Balaban J connectivity index is 1.60. The molecule has 0 aliphatic heterocycles. The minimum absolute atomic E-state index is 0.599. The molecule has 1 aliphatic rings. The Morgan fingerprint density at radius 3 is 3.00 bits per heavy atom. The van der Waals surface area contributed by atoms with Crippen molar-refractivity contribution in [2.24, 2.45) is 5.92 Å². The monoisotopic (exact) mass is 289 g/mol. The first-order valence-electron chi connectivity index (χ1n) is 7.64. The molecule has 0 radical (unpaired) electrons. The van der Waals surface area contributed by atoms with Crippen LogP contribution < -0.4 is 5.32 Å². The van der Waals surface area contributed by atoms with E-state index in [-0.39, 0.29) is 0 Å². The minimum atomic E-state index is 0.599. The molecule has 4 heteroatoms. The van der Waals surface area contributed by atoms with E-state index in [4.69, 9.17) is 0 Å². The summed E-state index contributed by atoms with van der Waals surface area (Å²) in [6.45, 7) is 3.24. The molecular weight excluding hydrogens is 266 g/mol. The fourth-order valence-corrected chi connectivity index (χ4v) is 3.91. The van der Waals surface area contributed by atoms with E-state index in [0.29, 0.717) is 6.04 Å². The number of nitrogens with zero attached hydrogens (tertiary/aromatic N) is 1. The van der Waals surface area contributed by atoms with Crippen molar-refractivity contribution in [2.45, 2.75) is 51.6 Å². The van der Waals surface area contributed by atoms with Gasteiger partial charge in [0.05, 0.1) is 16.8 Å². The predicted octanol–water partition coefficient (Wildman–Crippen LogP) is 4.20. The Morgan fingerprint density at radius 1 is 1.40 bits per heavy atom. The second-order valence-corrected chi connectivity index (χ2v) is 6.76. The molecule has 0 amide bonds. The summed E-state index contributed by atoms with van der Waals surface area (Å²) in [5, 5.41) is 13.2. The van der Waals surface area contributed by atoms with Gasteiger partial charge in [0.2, 0.25) is 0 Å². The molecule has 2 heterocycles. The summed E-state index contributed by atoms with van der Waals surface area (Å²) in [5.41, 5.74) is 2.44.